The van der Waals surface area contributed by atoms with Crippen LogP contribution in [0.5, 0.6) is 0 Å². The summed E-state index contributed by atoms with van der Waals surface area (Å²) in [7, 11) is -3.58. The van der Waals surface area contributed by atoms with Crippen LogP contribution in [0.25, 0.3) is 0 Å². The quantitative estimate of drug-likeness (QED) is 0.545. The number of ether oxygens (including phenoxy) is 1. The zero-order valence-corrected chi connectivity index (χ0v) is 20.1. The molecule has 8 heteroatoms. The molecule has 1 amide bonds. The van der Waals surface area contributed by atoms with Gasteiger partial charge in [-0.1, -0.05) is 43.2 Å². The number of carbonyl (C=O) groups excluding carboxylic acids is 2. The molecule has 2 aromatic carbocycles. The van der Waals surface area contributed by atoms with Gasteiger partial charge in [-0.15, -0.1) is 0 Å². The molecule has 178 valence electrons. The third-order valence-corrected chi connectivity index (χ3v) is 7.67. The molecule has 0 radical (unpaired) electrons. The van der Waals surface area contributed by atoms with Crippen molar-refractivity contribution in [3.05, 3.63) is 65.7 Å². The van der Waals surface area contributed by atoms with Crippen molar-refractivity contribution in [2.24, 2.45) is 0 Å². The SMILES string of the molecule is CC(C)N(Cc1ccccc1)C(=O)COC(=O)c1ccc(S(=O)(=O)N2CCCCCC2)cc1. The zero-order chi connectivity index (χ0) is 23.8. The standard InChI is InChI=1S/C25H32N2O5S/c1-20(2)27(18-21-10-6-5-7-11-21)24(28)19-32-25(29)22-12-14-23(15-13-22)33(30,31)26-16-8-3-4-9-17-26/h5-7,10-15,20H,3-4,8-9,16-19H2,1-2H3. The molecule has 0 aromatic heterocycles. The average molecular weight is 473 g/mol. The van der Waals surface area contributed by atoms with Crippen molar-refractivity contribution < 1.29 is 22.7 Å². The van der Waals surface area contributed by atoms with Gasteiger partial charge in [-0.05, 0) is 56.5 Å². The Balaban J connectivity index is 1.60. The van der Waals surface area contributed by atoms with Gasteiger partial charge < -0.3 is 9.64 Å². The zero-order valence-electron chi connectivity index (χ0n) is 19.3. The van der Waals surface area contributed by atoms with Crippen LogP contribution < -0.4 is 0 Å². The molecular weight excluding hydrogens is 440 g/mol. The molecule has 1 aliphatic heterocycles. The molecule has 1 fully saturated rings. The minimum Gasteiger partial charge on any atom is -0.452 e. The summed E-state index contributed by atoms with van der Waals surface area (Å²) < 4.78 is 32.5. The van der Waals surface area contributed by atoms with Crippen molar-refractivity contribution in [2.45, 2.75) is 57.0 Å². The van der Waals surface area contributed by atoms with Crippen molar-refractivity contribution in [1.82, 2.24) is 9.21 Å². The molecule has 2 aromatic rings. The highest BCUT2D eigenvalue weighted by Crippen LogP contribution is 2.21. The number of benzene rings is 2. The van der Waals surface area contributed by atoms with Crippen LogP contribution in [0.4, 0.5) is 0 Å². The van der Waals surface area contributed by atoms with Crippen molar-refractivity contribution in [1.29, 1.82) is 0 Å². The van der Waals surface area contributed by atoms with Crippen LogP contribution in [0.15, 0.2) is 59.5 Å². The Hall–Kier alpha value is -2.71. The molecule has 7 nitrogen and oxygen atoms in total. The van der Waals surface area contributed by atoms with E-state index < -0.39 is 16.0 Å². The number of carbonyl (C=O) groups is 2. The van der Waals surface area contributed by atoms with Crippen molar-refractivity contribution in [2.75, 3.05) is 19.7 Å². The van der Waals surface area contributed by atoms with Crippen LogP contribution in [0.2, 0.25) is 0 Å². The molecule has 0 N–H and O–H groups in total. The molecule has 0 spiro atoms. The smallest absolute Gasteiger partial charge is 0.338 e. The van der Waals surface area contributed by atoms with Crippen molar-refractivity contribution in [3.8, 4) is 0 Å². The van der Waals surface area contributed by atoms with E-state index in [9.17, 15) is 18.0 Å². The van der Waals surface area contributed by atoms with Crippen molar-refractivity contribution in [3.63, 3.8) is 0 Å². The lowest BCUT2D eigenvalue weighted by molar-refractivity contribution is -0.136. The largest absolute Gasteiger partial charge is 0.452 e. The summed E-state index contributed by atoms with van der Waals surface area (Å²) in [6.45, 7) is 4.90. The summed E-state index contributed by atoms with van der Waals surface area (Å²) in [4.78, 5) is 26.9. The van der Waals surface area contributed by atoms with Crippen LogP contribution >= 0.6 is 0 Å². The predicted molar refractivity (Wildman–Crippen MR) is 126 cm³/mol. The van der Waals surface area contributed by atoms with E-state index in [2.05, 4.69) is 0 Å². The first-order valence-electron chi connectivity index (χ1n) is 11.4. The van der Waals surface area contributed by atoms with Crippen LogP contribution in [-0.2, 0) is 26.1 Å². The van der Waals surface area contributed by atoms with Gasteiger partial charge >= 0.3 is 5.97 Å². The minimum absolute atomic E-state index is 0.0557. The molecule has 0 saturated carbocycles. The summed E-state index contributed by atoms with van der Waals surface area (Å²) in [5.74, 6) is -0.951. The molecule has 0 unspecified atom stereocenters. The summed E-state index contributed by atoms with van der Waals surface area (Å²) in [5.41, 5.74) is 1.20. The minimum atomic E-state index is -3.58. The maximum atomic E-state index is 12.9. The average Bonchev–Trinajstić information content (AvgIpc) is 3.11. The third-order valence-electron chi connectivity index (χ3n) is 5.76. The van der Waals surface area contributed by atoms with Gasteiger partial charge in [0.25, 0.3) is 5.91 Å². The molecule has 0 aliphatic carbocycles. The third kappa shape index (κ3) is 6.65. The lowest BCUT2D eigenvalue weighted by atomic mass is 10.2. The lowest BCUT2D eigenvalue weighted by Crippen LogP contribution is -2.39. The molecule has 3 rings (SSSR count). The number of hydrogen-bond donors (Lipinski definition) is 0. The second kappa shape index (κ2) is 11.4. The normalized spacial score (nSPS) is 15.1. The van der Waals surface area contributed by atoms with E-state index in [-0.39, 0.29) is 29.0 Å². The molecule has 0 bridgehead atoms. The van der Waals surface area contributed by atoms with E-state index in [1.165, 1.54) is 28.6 Å². The highest BCUT2D eigenvalue weighted by molar-refractivity contribution is 7.89. The second-order valence-corrected chi connectivity index (χ2v) is 10.5. The van der Waals surface area contributed by atoms with Gasteiger partial charge in [0.2, 0.25) is 10.0 Å². The Morgan fingerprint density at radius 2 is 1.55 bits per heavy atom. The number of rotatable bonds is 8. The first kappa shape index (κ1) is 24.9. The summed E-state index contributed by atoms with van der Waals surface area (Å²) in [6.07, 6.45) is 3.79. The number of hydrogen-bond acceptors (Lipinski definition) is 5. The van der Waals surface area contributed by atoms with Crippen molar-refractivity contribution >= 4 is 21.9 Å². The molecule has 1 heterocycles. The Bertz CT molecular complexity index is 1030. The van der Waals surface area contributed by atoms with Gasteiger partial charge in [-0.2, -0.15) is 4.31 Å². The van der Waals surface area contributed by atoms with Gasteiger partial charge in [0.05, 0.1) is 10.5 Å². The Morgan fingerprint density at radius 3 is 2.12 bits per heavy atom. The molecule has 33 heavy (non-hydrogen) atoms. The number of sulfonamides is 1. The maximum Gasteiger partial charge on any atom is 0.338 e. The fraction of sp³-hybridized carbons (Fsp3) is 0.440. The van der Waals surface area contributed by atoms with Gasteiger partial charge in [0.15, 0.2) is 6.61 Å². The Morgan fingerprint density at radius 1 is 0.939 bits per heavy atom. The summed E-state index contributed by atoms with van der Waals surface area (Å²) in [6, 6.07) is 15.3. The van der Waals surface area contributed by atoms with E-state index in [1.54, 1.807) is 4.90 Å². The van der Waals surface area contributed by atoms with Crippen LogP contribution in [-0.4, -0.2) is 55.2 Å². The van der Waals surface area contributed by atoms with Crippen LogP contribution in [0, 0.1) is 0 Å². The second-order valence-electron chi connectivity index (χ2n) is 8.52. The molecule has 0 atom stereocenters. The first-order chi connectivity index (χ1) is 15.8. The Labute approximate surface area is 196 Å². The van der Waals surface area contributed by atoms with Gasteiger partial charge in [-0.3, -0.25) is 4.79 Å². The number of esters is 1. The molecule has 1 saturated heterocycles. The van der Waals surface area contributed by atoms with Gasteiger partial charge in [0.1, 0.15) is 0 Å². The number of amides is 1. The lowest BCUT2D eigenvalue weighted by Gasteiger charge is -2.26. The van der Waals surface area contributed by atoms with E-state index in [1.807, 2.05) is 44.2 Å². The fourth-order valence-electron chi connectivity index (χ4n) is 3.83. The topological polar surface area (TPSA) is 84.0 Å². The fourth-order valence-corrected chi connectivity index (χ4v) is 5.34. The summed E-state index contributed by atoms with van der Waals surface area (Å²) in [5, 5.41) is 0. The van der Waals surface area contributed by atoms with E-state index in [0.29, 0.717) is 19.6 Å². The van der Waals surface area contributed by atoms with Gasteiger partial charge in [-0.25, -0.2) is 13.2 Å². The highest BCUT2D eigenvalue weighted by Gasteiger charge is 2.25. The van der Waals surface area contributed by atoms with Gasteiger partial charge in [0, 0.05) is 25.7 Å². The monoisotopic (exact) mass is 472 g/mol. The summed E-state index contributed by atoms with van der Waals surface area (Å²) >= 11 is 0. The Kier molecular flexibility index (Phi) is 8.63. The van der Waals surface area contributed by atoms with E-state index in [4.69, 9.17) is 4.74 Å². The van der Waals surface area contributed by atoms with E-state index in [0.717, 1.165) is 31.2 Å². The number of nitrogens with zero attached hydrogens (tertiary/aromatic N) is 2. The van der Waals surface area contributed by atoms with Crippen LogP contribution in [0.1, 0.15) is 55.5 Å². The highest BCUT2D eigenvalue weighted by atomic mass is 32.2. The maximum absolute atomic E-state index is 12.9. The predicted octanol–water partition coefficient (Wildman–Crippen LogP) is 3.85. The van der Waals surface area contributed by atoms with E-state index >= 15 is 0 Å². The first-order valence-corrected chi connectivity index (χ1v) is 12.8. The molecule has 1 aliphatic rings. The molecular formula is C25H32N2O5S. The van der Waals surface area contributed by atoms with Crippen LogP contribution in [0.3, 0.4) is 0 Å².